The van der Waals surface area contributed by atoms with Crippen LogP contribution in [0.15, 0.2) is 41.3 Å². The van der Waals surface area contributed by atoms with Gasteiger partial charge >= 0.3 is 11.7 Å². The van der Waals surface area contributed by atoms with E-state index >= 15 is 0 Å². The van der Waals surface area contributed by atoms with Gasteiger partial charge in [-0.25, -0.2) is 9.59 Å². The summed E-state index contributed by atoms with van der Waals surface area (Å²) in [5.74, 6) is -1.18. The van der Waals surface area contributed by atoms with Crippen LogP contribution < -0.4 is 11.0 Å². The molecule has 0 bridgehead atoms. The number of amides is 1. The van der Waals surface area contributed by atoms with E-state index in [1.807, 2.05) is 0 Å². The molecule has 30 heavy (non-hydrogen) atoms. The van der Waals surface area contributed by atoms with Crippen LogP contribution in [0.25, 0.3) is 0 Å². The van der Waals surface area contributed by atoms with Crippen LogP contribution in [0.2, 0.25) is 0 Å². The van der Waals surface area contributed by atoms with E-state index in [-0.39, 0.29) is 16.9 Å². The number of methoxy groups -OCH3 is 2. The zero-order valence-corrected chi connectivity index (χ0v) is 16.2. The van der Waals surface area contributed by atoms with Crippen molar-refractivity contribution < 1.29 is 34.0 Å². The number of aromatic nitrogens is 2. The fourth-order valence-corrected chi connectivity index (χ4v) is 3.12. The first kappa shape index (κ1) is 21.6. The van der Waals surface area contributed by atoms with Gasteiger partial charge in [0.1, 0.15) is 24.1 Å². The molecular weight excluding hydrogens is 398 g/mol. The normalized spacial score (nSPS) is 23.2. The SMILES string of the molecule is COC(=O)c1cccc(C(=O)Nc2ccn(C3OC(CO)C(O)C3OC)c(=O)n2)c1. The molecule has 11 nitrogen and oxygen atoms in total. The molecule has 0 aliphatic carbocycles. The number of nitrogens with one attached hydrogen (secondary N) is 1. The maximum Gasteiger partial charge on any atom is 0.351 e. The number of aliphatic hydroxyl groups is 2. The van der Waals surface area contributed by atoms with Gasteiger partial charge in [0.2, 0.25) is 0 Å². The Morgan fingerprint density at radius 1 is 1.27 bits per heavy atom. The third kappa shape index (κ3) is 4.24. The number of anilines is 1. The van der Waals surface area contributed by atoms with E-state index < -0.39 is 48.7 Å². The summed E-state index contributed by atoms with van der Waals surface area (Å²) in [5.41, 5.74) is -0.375. The zero-order chi connectivity index (χ0) is 21.8. The van der Waals surface area contributed by atoms with E-state index in [4.69, 9.17) is 9.47 Å². The Morgan fingerprint density at radius 3 is 2.63 bits per heavy atom. The van der Waals surface area contributed by atoms with Gasteiger partial charge in [-0.15, -0.1) is 0 Å². The topological polar surface area (TPSA) is 149 Å². The Bertz CT molecular complexity index is 992. The van der Waals surface area contributed by atoms with Crippen molar-refractivity contribution in [3.63, 3.8) is 0 Å². The molecule has 4 unspecified atom stereocenters. The molecule has 1 aromatic heterocycles. The highest BCUT2D eigenvalue weighted by Gasteiger charge is 2.45. The minimum Gasteiger partial charge on any atom is -0.465 e. The van der Waals surface area contributed by atoms with Gasteiger partial charge in [0.25, 0.3) is 5.91 Å². The number of nitrogens with zero attached hydrogens (tertiary/aromatic N) is 2. The molecule has 1 fully saturated rings. The second-order valence-electron chi connectivity index (χ2n) is 6.47. The lowest BCUT2D eigenvalue weighted by Gasteiger charge is -2.20. The number of hydrogen-bond donors (Lipinski definition) is 3. The Kier molecular flexibility index (Phi) is 6.57. The van der Waals surface area contributed by atoms with Crippen molar-refractivity contribution >= 4 is 17.7 Å². The van der Waals surface area contributed by atoms with Gasteiger partial charge in [-0.3, -0.25) is 9.36 Å². The fraction of sp³-hybridized carbons (Fsp3) is 0.368. The molecule has 0 radical (unpaired) electrons. The highest BCUT2D eigenvalue weighted by atomic mass is 16.6. The van der Waals surface area contributed by atoms with Crippen LogP contribution in [0.1, 0.15) is 26.9 Å². The molecule has 1 saturated heterocycles. The van der Waals surface area contributed by atoms with Crippen LogP contribution in [-0.2, 0) is 14.2 Å². The Morgan fingerprint density at radius 2 is 2.00 bits per heavy atom. The van der Waals surface area contributed by atoms with Gasteiger partial charge in [-0.2, -0.15) is 4.98 Å². The smallest absolute Gasteiger partial charge is 0.351 e. The number of carbonyl (C=O) groups is 2. The minimum atomic E-state index is -1.13. The first-order valence-corrected chi connectivity index (χ1v) is 8.95. The Hall–Kier alpha value is -3.12. The van der Waals surface area contributed by atoms with Gasteiger partial charge in [-0.05, 0) is 24.3 Å². The molecule has 3 N–H and O–H groups in total. The van der Waals surface area contributed by atoms with Crippen molar-refractivity contribution in [2.75, 3.05) is 26.1 Å². The summed E-state index contributed by atoms with van der Waals surface area (Å²) < 4.78 is 16.4. The summed E-state index contributed by atoms with van der Waals surface area (Å²) >= 11 is 0. The molecule has 0 spiro atoms. The largest absolute Gasteiger partial charge is 0.465 e. The van der Waals surface area contributed by atoms with Crippen molar-refractivity contribution in [3.8, 4) is 0 Å². The standard InChI is InChI=1S/C19H21N3O8/c1-28-15-14(24)12(9-23)30-17(15)22-7-6-13(21-19(22)27)20-16(25)10-4-3-5-11(8-10)18(26)29-2/h3-8,12,14-15,17,23-24H,9H2,1-2H3,(H,20,21,25,27). The summed E-state index contributed by atoms with van der Waals surface area (Å²) in [6.45, 7) is -0.446. The van der Waals surface area contributed by atoms with E-state index in [0.717, 1.165) is 4.57 Å². The predicted octanol–water partition coefficient (Wildman–Crippen LogP) is -0.452. The summed E-state index contributed by atoms with van der Waals surface area (Å²) in [4.78, 5) is 40.3. The van der Waals surface area contributed by atoms with E-state index in [1.165, 1.54) is 50.7 Å². The number of rotatable bonds is 6. The average Bonchev–Trinajstić information content (AvgIpc) is 3.08. The Balaban J connectivity index is 1.78. The molecule has 1 aliphatic heterocycles. The maximum absolute atomic E-state index is 12.5. The van der Waals surface area contributed by atoms with E-state index in [9.17, 15) is 24.6 Å². The third-order valence-electron chi connectivity index (χ3n) is 4.66. The van der Waals surface area contributed by atoms with Crippen LogP contribution in [0.3, 0.4) is 0 Å². The van der Waals surface area contributed by atoms with E-state index in [2.05, 4.69) is 15.0 Å². The lowest BCUT2D eigenvalue weighted by atomic mass is 10.1. The van der Waals surface area contributed by atoms with Crippen LogP contribution >= 0.6 is 0 Å². The van der Waals surface area contributed by atoms with Crippen molar-refractivity contribution in [1.29, 1.82) is 0 Å². The van der Waals surface area contributed by atoms with Gasteiger partial charge < -0.3 is 29.7 Å². The van der Waals surface area contributed by atoms with Crippen molar-refractivity contribution in [1.82, 2.24) is 9.55 Å². The predicted molar refractivity (Wildman–Crippen MR) is 102 cm³/mol. The quantitative estimate of drug-likeness (QED) is 0.529. The van der Waals surface area contributed by atoms with Crippen LogP contribution in [0.4, 0.5) is 5.82 Å². The first-order chi connectivity index (χ1) is 14.4. The van der Waals surface area contributed by atoms with Gasteiger partial charge in [0.15, 0.2) is 6.23 Å². The molecule has 0 saturated carbocycles. The van der Waals surface area contributed by atoms with Crippen LogP contribution in [0.5, 0.6) is 0 Å². The number of hydrogen-bond acceptors (Lipinski definition) is 9. The molecule has 160 valence electrons. The summed E-state index contributed by atoms with van der Waals surface area (Å²) in [6.07, 6.45) is -2.59. The molecule has 3 rings (SSSR count). The van der Waals surface area contributed by atoms with Crippen LogP contribution in [-0.4, -0.2) is 70.8 Å². The number of ether oxygens (including phenoxy) is 3. The van der Waals surface area contributed by atoms with Gasteiger partial charge in [0.05, 0.1) is 19.3 Å². The molecule has 1 amide bonds. The van der Waals surface area contributed by atoms with E-state index in [0.29, 0.717) is 0 Å². The van der Waals surface area contributed by atoms with Gasteiger partial charge in [0, 0.05) is 18.9 Å². The number of esters is 1. The summed E-state index contributed by atoms with van der Waals surface area (Å²) in [7, 11) is 2.58. The summed E-state index contributed by atoms with van der Waals surface area (Å²) in [6, 6.07) is 7.25. The molecule has 2 aromatic rings. The Labute approximate surface area is 170 Å². The second-order valence-corrected chi connectivity index (χ2v) is 6.47. The molecule has 11 heteroatoms. The van der Waals surface area contributed by atoms with Crippen molar-refractivity contribution in [2.24, 2.45) is 0 Å². The molecular formula is C19H21N3O8. The second kappa shape index (κ2) is 9.13. The first-order valence-electron chi connectivity index (χ1n) is 8.95. The van der Waals surface area contributed by atoms with Crippen molar-refractivity contribution in [2.45, 2.75) is 24.5 Å². The summed E-state index contributed by atoms with van der Waals surface area (Å²) in [5, 5.41) is 21.9. The molecule has 4 atom stereocenters. The maximum atomic E-state index is 12.5. The molecule has 1 aliphatic rings. The number of carbonyl (C=O) groups excluding carboxylic acids is 2. The number of benzene rings is 1. The zero-order valence-electron chi connectivity index (χ0n) is 16.2. The lowest BCUT2D eigenvalue weighted by Crippen LogP contribution is -2.37. The average molecular weight is 419 g/mol. The van der Waals surface area contributed by atoms with Crippen molar-refractivity contribution in [3.05, 3.63) is 58.1 Å². The lowest BCUT2D eigenvalue weighted by molar-refractivity contribution is -0.0624. The third-order valence-corrected chi connectivity index (χ3v) is 4.66. The van der Waals surface area contributed by atoms with Crippen LogP contribution in [0, 0.1) is 0 Å². The molecule has 1 aromatic carbocycles. The highest BCUT2D eigenvalue weighted by molar-refractivity contribution is 6.05. The minimum absolute atomic E-state index is 0.0176. The highest BCUT2D eigenvalue weighted by Crippen LogP contribution is 2.30. The fourth-order valence-electron chi connectivity index (χ4n) is 3.12. The van der Waals surface area contributed by atoms with E-state index in [1.54, 1.807) is 0 Å². The monoisotopic (exact) mass is 419 g/mol. The number of aliphatic hydroxyl groups excluding tert-OH is 2. The molecule has 2 heterocycles. The van der Waals surface area contributed by atoms with Gasteiger partial charge in [-0.1, -0.05) is 6.07 Å².